The van der Waals surface area contributed by atoms with Gasteiger partial charge in [-0.3, -0.25) is 19.2 Å². The molecule has 4 aromatic carbocycles. The van der Waals surface area contributed by atoms with Crippen LogP contribution in [0.2, 0.25) is 0 Å². The first kappa shape index (κ1) is 37.2. The van der Waals surface area contributed by atoms with Gasteiger partial charge in [0, 0.05) is 42.4 Å². The van der Waals surface area contributed by atoms with Gasteiger partial charge in [-0.15, -0.1) is 0 Å². The summed E-state index contributed by atoms with van der Waals surface area (Å²) in [6.45, 7) is 5.03. The van der Waals surface area contributed by atoms with Crippen molar-refractivity contribution in [3.63, 3.8) is 0 Å². The van der Waals surface area contributed by atoms with E-state index in [1.54, 1.807) is 78.6 Å². The fourth-order valence-corrected chi connectivity index (χ4v) is 6.98. The van der Waals surface area contributed by atoms with E-state index in [1.807, 2.05) is 26.1 Å². The predicted octanol–water partition coefficient (Wildman–Crippen LogP) is 4.61. The Labute approximate surface area is 299 Å². The maximum absolute atomic E-state index is 13.6. The summed E-state index contributed by atoms with van der Waals surface area (Å²) in [5.74, 6) is 0.435. The lowest BCUT2D eigenvalue weighted by Gasteiger charge is -2.34. The lowest BCUT2D eigenvalue weighted by Crippen LogP contribution is -2.47. The number of nitrogens with two attached hydrogens (primary N) is 1. The van der Waals surface area contributed by atoms with Gasteiger partial charge < -0.3 is 30.5 Å². The summed E-state index contributed by atoms with van der Waals surface area (Å²) in [5, 5.41) is 12.8. The highest BCUT2D eigenvalue weighted by Gasteiger charge is 2.31. The second-order valence-corrected chi connectivity index (χ2v) is 14.6. The standard InChI is InChI=1S/C38H45N5O7S/c1-25-21-43(26(2)24-44)37(45)20-29-19-30(41-51(47,48)32-16-14-31(49-4)15-17-32)13-18-35(29)50-36(25)23-42(3)22-27-9-11-28(12-10-27)38(46)40-34-8-6-5-7-33(34)39/h5-19,25-26,36,41,44H,20-24,39H2,1-4H3,(H,40,46)/t25-,26-,36-/m1/s1. The molecule has 5 N–H and O–H groups in total. The molecule has 12 nitrogen and oxygen atoms in total. The lowest BCUT2D eigenvalue weighted by atomic mass is 10.0. The van der Waals surface area contributed by atoms with Crippen molar-refractivity contribution in [2.75, 3.05) is 49.6 Å². The van der Waals surface area contributed by atoms with Crippen molar-refractivity contribution in [2.24, 2.45) is 5.92 Å². The topological polar surface area (TPSA) is 164 Å². The first-order valence-electron chi connectivity index (χ1n) is 16.7. The number of amides is 2. The number of likely N-dealkylation sites (N-methyl/N-ethyl adjacent to an activating group) is 1. The second-order valence-electron chi connectivity index (χ2n) is 12.9. The Morgan fingerprint density at radius 1 is 1.08 bits per heavy atom. The number of carbonyl (C=O) groups is 2. The molecule has 3 atom stereocenters. The second kappa shape index (κ2) is 16.3. The van der Waals surface area contributed by atoms with Gasteiger partial charge in [-0.05, 0) is 86.3 Å². The molecule has 270 valence electrons. The number of sulfonamides is 1. The number of hydrogen-bond donors (Lipinski definition) is 4. The number of fused-ring (bicyclic) bond motifs is 1. The molecule has 0 unspecified atom stereocenters. The van der Waals surface area contributed by atoms with E-state index in [4.69, 9.17) is 15.2 Å². The Balaban J connectivity index is 1.33. The van der Waals surface area contributed by atoms with Crippen LogP contribution in [0.3, 0.4) is 0 Å². The number of aliphatic hydroxyl groups is 1. The highest BCUT2D eigenvalue weighted by molar-refractivity contribution is 7.92. The largest absolute Gasteiger partial charge is 0.497 e. The normalized spacial score (nSPS) is 17.0. The van der Waals surface area contributed by atoms with Gasteiger partial charge in [0.15, 0.2) is 0 Å². The van der Waals surface area contributed by atoms with Gasteiger partial charge in [0.05, 0.1) is 42.4 Å². The number of para-hydroxylation sites is 2. The quantitative estimate of drug-likeness (QED) is 0.154. The molecule has 0 aliphatic carbocycles. The number of aliphatic hydroxyl groups excluding tert-OH is 1. The summed E-state index contributed by atoms with van der Waals surface area (Å²) in [7, 11) is -0.453. The third-order valence-electron chi connectivity index (χ3n) is 8.91. The average Bonchev–Trinajstić information content (AvgIpc) is 3.16. The van der Waals surface area contributed by atoms with Gasteiger partial charge in [-0.1, -0.05) is 31.2 Å². The zero-order valence-corrected chi connectivity index (χ0v) is 30.0. The van der Waals surface area contributed by atoms with E-state index in [0.717, 1.165) is 5.56 Å². The van der Waals surface area contributed by atoms with Crippen LogP contribution in [-0.2, 0) is 27.8 Å². The molecule has 0 bridgehead atoms. The fraction of sp³-hybridized carbons (Fsp3) is 0.316. The molecule has 51 heavy (non-hydrogen) atoms. The Kier molecular flexibility index (Phi) is 11.9. The van der Waals surface area contributed by atoms with Crippen molar-refractivity contribution in [2.45, 2.75) is 43.9 Å². The van der Waals surface area contributed by atoms with E-state index in [0.29, 0.717) is 53.6 Å². The number of nitrogens with zero attached hydrogens (tertiary/aromatic N) is 2. The van der Waals surface area contributed by atoms with Crippen molar-refractivity contribution < 1.29 is 32.6 Å². The minimum Gasteiger partial charge on any atom is -0.497 e. The minimum absolute atomic E-state index is 0.0378. The van der Waals surface area contributed by atoms with Crippen LogP contribution >= 0.6 is 0 Å². The van der Waals surface area contributed by atoms with Gasteiger partial charge in [0.2, 0.25) is 5.91 Å². The molecule has 1 aliphatic rings. The molecule has 2 amide bonds. The van der Waals surface area contributed by atoms with Crippen molar-refractivity contribution in [3.8, 4) is 11.5 Å². The highest BCUT2D eigenvalue weighted by Crippen LogP contribution is 2.30. The Bertz CT molecular complexity index is 1940. The summed E-state index contributed by atoms with van der Waals surface area (Å²) >= 11 is 0. The van der Waals surface area contributed by atoms with Crippen LogP contribution in [0.1, 0.15) is 35.3 Å². The van der Waals surface area contributed by atoms with Crippen LogP contribution in [0.4, 0.5) is 17.1 Å². The number of benzene rings is 4. The number of nitrogens with one attached hydrogen (secondary N) is 2. The molecular formula is C38H45N5O7S. The van der Waals surface area contributed by atoms with E-state index in [1.165, 1.54) is 19.2 Å². The Hall–Kier alpha value is -5.11. The van der Waals surface area contributed by atoms with Gasteiger partial charge in [-0.2, -0.15) is 0 Å². The first-order chi connectivity index (χ1) is 24.4. The number of rotatable bonds is 12. The number of methoxy groups -OCH3 is 1. The predicted molar refractivity (Wildman–Crippen MR) is 197 cm³/mol. The Morgan fingerprint density at radius 3 is 2.45 bits per heavy atom. The lowest BCUT2D eigenvalue weighted by molar-refractivity contribution is -0.134. The van der Waals surface area contributed by atoms with Crippen molar-refractivity contribution in [3.05, 3.63) is 108 Å². The van der Waals surface area contributed by atoms with E-state index < -0.39 is 16.1 Å². The number of anilines is 3. The molecular weight excluding hydrogens is 671 g/mol. The molecule has 0 aromatic heterocycles. The van der Waals surface area contributed by atoms with Crippen LogP contribution in [0.15, 0.2) is 95.9 Å². The SMILES string of the molecule is COc1ccc(S(=O)(=O)Nc2ccc3c(c2)CC(=O)N([C@H](C)CO)C[C@@H](C)[C@@H](CN(C)Cc2ccc(C(=O)Nc4ccccc4N)cc2)O3)cc1. The third-order valence-corrected chi connectivity index (χ3v) is 10.3. The van der Waals surface area contributed by atoms with E-state index in [2.05, 4.69) is 14.9 Å². The Morgan fingerprint density at radius 2 is 1.78 bits per heavy atom. The van der Waals surface area contributed by atoms with E-state index >= 15 is 0 Å². The first-order valence-corrected chi connectivity index (χ1v) is 18.1. The molecule has 0 fully saturated rings. The number of nitrogen functional groups attached to an aromatic ring is 1. The summed E-state index contributed by atoms with van der Waals surface area (Å²) in [4.78, 5) is 30.3. The number of ether oxygens (including phenoxy) is 2. The van der Waals surface area contributed by atoms with Crippen LogP contribution in [-0.4, -0.2) is 81.1 Å². The molecule has 0 saturated heterocycles. The van der Waals surface area contributed by atoms with Crippen LogP contribution in [0.5, 0.6) is 11.5 Å². The summed E-state index contributed by atoms with van der Waals surface area (Å²) in [5.41, 5.74) is 9.31. The molecule has 4 aromatic rings. The molecule has 0 radical (unpaired) electrons. The van der Waals surface area contributed by atoms with E-state index in [9.17, 15) is 23.1 Å². The van der Waals surface area contributed by atoms with Gasteiger partial charge in [-0.25, -0.2) is 8.42 Å². The van der Waals surface area contributed by atoms with Gasteiger partial charge >= 0.3 is 0 Å². The fourth-order valence-electron chi connectivity index (χ4n) is 5.93. The average molecular weight is 716 g/mol. The van der Waals surface area contributed by atoms with Crippen molar-refractivity contribution in [1.29, 1.82) is 0 Å². The smallest absolute Gasteiger partial charge is 0.261 e. The number of carbonyl (C=O) groups excluding carboxylic acids is 2. The van der Waals surface area contributed by atoms with Gasteiger partial charge in [0.1, 0.15) is 17.6 Å². The zero-order chi connectivity index (χ0) is 36.7. The molecule has 1 heterocycles. The van der Waals surface area contributed by atoms with Crippen molar-refractivity contribution in [1.82, 2.24) is 9.80 Å². The molecule has 0 spiro atoms. The molecule has 0 saturated carbocycles. The van der Waals surface area contributed by atoms with Crippen LogP contribution in [0, 0.1) is 5.92 Å². The van der Waals surface area contributed by atoms with E-state index in [-0.39, 0.29) is 47.4 Å². The highest BCUT2D eigenvalue weighted by atomic mass is 32.2. The molecule has 1 aliphatic heterocycles. The summed E-state index contributed by atoms with van der Waals surface area (Å²) in [6.07, 6.45) is -0.402. The molecule has 13 heteroatoms. The summed E-state index contributed by atoms with van der Waals surface area (Å²) in [6, 6.07) is 25.0. The maximum atomic E-state index is 13.6. The minimum atomic E-state index is -3.93. The summed E-state index contributed by atoms with van der Waals surface area (Å²) < 4.78 is 40.7. The third kappa shape index (κ3) is 9.37. The zero-order valence-electron chi connectivity index (χ0n) is 29.2. The maximum Gasteiger partial charge on any atom is 0.261 e. The van der Waals surface area contributed by atoms with Gasteiger partial charge in [0.25, 0.3) is 15.9 Å². The monoisotopic (exact) mass is 715 g/mol. The van der Waals surface area contributed by atoms with Crippen molar-refractivity contribution >= 4 is 38.9 Å². The van der Waals surface area contributed by atoms with Crippen LogP contribution in [0.25, 0.3) is 0 Å². The number of hydrogen-bond acceptors (Lipinski definition) is 9. The van der Waals surface area contributed by atoms with Crippen LogP contribution < -0.4 is 25.2 Å². The molecule has 5 rings (SSSR count).